The third-order valence-corrected chi connectivity index (χ3v) is 5.78. The smallest absolute Gasteiger partial charge is 0.345 e. The Hall–Kier alpha value is -1.74. The fourth-order valence-electron chi connectivity index (χ4n) is 1.72. The lowest BCUT2D eigenvalue weighted by Gasteiger charge is -2.16. The lowest BCUT2D eigenvalue weighted by Crippen LogP contribution is -2.30. The van der Waals surface area contributed by atoms with E-state index in [1.807, 2.05) is 0 Å². The molecule has 0 bridgehead atoms. The second-order valence-corrected chi connectivity index (χ2v) is 7.22. The average molecular weight is 327 g/mol. The van der Waals surface area contributed by atoms with E-state index in [0.717, 1.165) is 0 Å². The molecular formula is C13H13NO5S2. The molecule has 0 radical (unpaired) electrons. The standard InChI is InChI=1S/C13H13NO5S2/c15-8-10(9-4-2-1-3-5-9)14-21(18,19)12-7-6-11(20-12)13(16)17/h1-7,10,14-15H,8H2,(H,16,17)/t10-/m0/s1. The van der Waals surface area contributed by atoms with E-state index in [-0.39, 0.29) is 9.09 Å². The number of aliphatic hydroxyl groups is 1. The zero-order chi connectivity index (χ0) is 15.5. The fourth-order valence-corrected chi connectivity index (χ4v) is 4.10. The van der Waals surface area contributed by atoms with Gasteiger partial charge in [0.15, 0.2) is 0 Å². The summed E-state index contributed by atoms with van der Waals surface area (Å²) in [6.07, 6.45) is 0. The van der Waals surface area contributed by atoms with Gasteiger partial charge in [0.1, 0.15) is 9.09 Å². The lowest BCUT2D eigenvalue weighted by atomic mass is 10.1. The van der Waals surface area contributed by atoms with Crippen LogP contribution in [-0.2, 0) is 10.0 Å². The molecule has 2 aromatic rings. The molecule has 1 aromatic carbocycles. The van der Waals surface area contributed by atoms with Gasteiger partial charge in [-0.3, -0.25) is 0 Å². The first-order chi connectivity index (χ1) is 9.94. The SMILES string of the molecule is O=C(O)c1ccc(S(=O)(=O)N[C@@H](CO)c2ccccc2)s1. The first kappa shape index (κ1) is 15.6. The first-order valence-corrected chi connectivity index (χ1v) is 8.25. The van der Waals surface area contributed by atoms with Crippen LogP contribution in [0.4, 0.5) is 0 Å². The zero-order valence-electron chi connectivity index (χ0n) is 10.8. The Morgan fingerprint density at radius 2 is 1.86 bits per heavy atom. The second-order valence-electron chi connectivity index (χ2n) is 4.19. The summed E-state index contributed by atoms with van der Waals surface area (Å²) in [4.78, 5) is 10.7. The highest BCUT2D eigenvalue weighted by atomic mass is 32.2. The third kappa shape index (κ3) is 3.67. The van der Waals surface area contributed by atoms with Gasteiger partial charge in [0.05, 0.1) is 12.6 Å². The van der Waals surface area contributed by atoms with E-state index in [0.29, 0.717) is 16.9 Å². The van der Waals surface area contributed by atoms with Crippen LogP contribution in [0.15, 0.2) is 46.7 Å². The number of aliphatic hydroxyl groups excluding tert-OH is 1. The normalized spacial score (nSPS) is 13.0. The molecule has 1 atom stereocenters. The van der Waals surface area contributed by atoms with Crippen LogP contribution in [0.1, 0.15) is 21.3 Å². The summed E-state index contributed by atoms with van der Waals surface area (Å²) in [6.45, 7) is -0.402. The number of carbonyl (C=O) groups is 1. The summed E-state index contributed by atoms with van der Waals surface area (Å²) in [6, 6.07) is 10.3. The van der Waals surface area contributed by atoms with Crippen LogP contribution in [-0.4, -0.2) is 31.2 Å². The molecule has 0 fully saturated rings. The molecule has 112 valence electrons. The summed E-state index contributed by atoms with van der Waals surface area (Å²) in [7, 11) is -3.89. The van der Waals surface area contributed by atoms with Crippen LogP contribution in [0.25, 0.3) is 0 Å². The minimum Gasteiger partial charge on any atom is -0.477 e. The highest BCUT2D eigenvalue weighted by molar-refractivity contribution is 7.91. The molecule has 0 aliphatic heterocycles. The first-order valence-electron chi connectivity index (χ1n) is 5.95. The third-order valence-electron chi connectivity index (χ3n) is 2.74. The van der Waals surface area contributed by atoms with Gasteiger partial charge >= 0.3 is 5.97 Å². The van der Waals surface area contributed by atoms with Crippen LogP contribution < -0.4 is 4.72 Å². The maximum Gasteiger partial charge on any atom is 0.345 e. The van der Waals surface area contributed by atoms with E-state index in [9.17, 15) is 18.3 Å². The molecule has 1 aromatic heterocycles. The molecule has 1 heterocycles. The Kier molecular flexibility index (Phi) is 4.73. The van der Waals surface area contributed by atoms with Crippen molar-refractivity contribution in [2.45, 2.75) is 10.3 Å². The maximum atomic E-state index is 12.2. The van der Waals surface area contributed by atoms with Crippen molar-refractivity contribution in [3.05, 3.63) is 52.9 Å². The molecule has 3 N–H and O–H groups in total. The van der Waals surface area contributed by atoms with Gasteiger partial charge in [-0.1, -0.05) is 30.3 Å². The van der Waals surface area contributed by atoms with Crippen LogP contribution in [0.2, 0.25) is 0 Å². The summed E-state index contributed by atoms with van der Waals surface area (Å²) in [5, 5.41) is 18.2. The van der Waals surface area contributed by atoms with Crippen molar-refractivity contribution in [3.63, 3.8) is 0 Å². The minimum absolute atomic E-state index is 0.0596. The molecule has 0 unspecified atom stereocenters. The van der Waals surface area contributed by atoms with Gasteiger partial charge in [-0.15, -0.1) is 11.3 Å². The van der Waals surface area contributed by atoms with E-state index < -0.39 is 28.6 Å². The quantitative estimate of drug-likeness (QED) is 0.745. The summed E-state index contributed by atoms with van der Waals surface area (Å²) in [5.74, 6) is -1.18. The predicted octanol–water partition coefficient (Wildman–Crippen LogP) is 1.46. The molecular weight excluding hydrogens is 314 g/mol. The molecule has 2 rings (SSSR count). The summed E-state index contributed by atoms with van der Waals surface area (Å²) >= 11 is 0.664. The van der Waals surface area contributed by atoms with E-state index in [4.69, 9.17) is 5.11 Å². The molecule has 0 spiro atoms. The van der Waals surface area contributed by atoms with Crippen LogP contribution >= 0.6 is 11.3 Å². The molecule has 8 heteroatoms. The highest BCUT2D eigenvalue weighted by Crippen LogP contribution is 2.23. The largest absolute Gasteiger partial charge is 0.477 e. The molecule has 0 saturated carbocycles. The van der Waals surface area contributed by atoms with E-state index in [2.05, 4.69) is 4.72 Å². The Labute approximate surface area is 125 Å². The number of nitrogens with one attached hydrogen (secondary N) is 1. The Bertz CT molecular complexity index is 724. The van der Waals surface area contributed by atoms with Crippen molar-refractivity contribution in [1.29, 1.82) is 0 Å². The monoisotopic (exact) mass is 327 g/mol. The van der Waals surface area contributed by atoms with Crippen molar-refractivity contribution in [2.75, 3.05) is 6.61 Å². The van der Waals surface area contributed by atoms with Crippen LogP contribution in [0.3, 0.4) is 0 Å². The lowest BCUT2D eigenvalue weighted by molar-refractivity contribution is 0.0702. The van der Waals surface area contributed by atoms with E-state index >= 15 is 0 Å². The number of sulfonamides is 1. The van der Waals surface area contributed by atoms with Crippen molar-refractivity contribution in [2.24, 2.45) is 0 Å². The molecule has 6 nitrogen and oxygen atoms in total. The van der Waals surface area contributed by atoms with Gasteiger partial charge in [0.25, 0.3) is 10.0 Å². The van der Waals surface area contributed by atoms with Crippen molar-refractivity contribution >= 4 is 27.3 Å². The summed E-state index contributed by atoms with van der Waals surface area (Å²) < 4.78 is 26.7. The summed E-state index contributed by atoms with van der Waals surface area (Å²) in [5.41, 5.74) is 0.624. The van der Waals surface area contributed by atoms with Crippen molar-refractivity contribution in [3.8, 4) is 0 Å². The number of thiophene rings is 1. The van der Waals surface area contributed by atoms with E-state index in [1.165, 1.54) is 12.1 Å². The number of rotatable bonds is 6. The van der Waals surface area contributed by atoms with Crippen molar-refractivity contribution in [1.82, 2.24) is 4.72 Å². The second kappa shape index (κ2) is 6.35. The number of benzene rings is 1. The number of aromatic carboxylic acids is 1. The zero-order valence-corrected chi connectivity index (χ0v) is 12.4. The molecule has 0 aliphatic rings. The van der Waals surface area contributed by atoms with Gasteiger partial charge in [-0.05, 0) is 17.7 Å². The van der Waals surface area contributed by atoms with Crippen LogP contribution in [0, 0.1) is 0 Å². The molecule has 0 amide bonds. The van der Waals surface area contributed by atoms with Gasteiger partial charge in [0, 0.05) is 0 Å². The van der Waals surface area contributed by atoms with Gasteiger partial charge in [-0.2, -0.15) is 0 Å². The van der Waals surface area contributed by atoms with E-state index in [1.54, 1.807) is 30.3 Å². The van der Waals surface area contributed by atoms with Crippen LogP contribution in [0.5, 0.6) is 0 Å². The molecule has 21 heavy (non-hydrogen) atoms. The Balaban J connectivity index is 2.25. The fraction of sp³-hybridized carbons (Fsp3) is 0.154. The average Bonchev–Trinajstić information content (AvgIpc) is 2.96. The van der Waals surface area contributed by atoms with Crippen molar-refractivity contribution < 1.29 is 23.4 Å². The molecule has 0 saturated heterocycles. The Morgan fingerprint density at radius 1 is 1.19 bits per heavy atom. The minimum atomic E-state index is -3.89. The molecule has 0 aliphatic carbocycles. The number of carboxylic acid groups (broad SMARTS) is 1. The number of carboxylic acids is 1. The number of hydrogen-bond donors (Lipinski definition) is 3. The predicted molar refractivity (Wildman–Crippen MR) is 77.9 cm³/mol. The van der Waals surface area contributed by atoms with Gasteiger partial charge < -0.3 is 10.2 Å². The topological polar surface area (TPSA) is 104 Å². The highest BCUT2D eigenvalue weighted by Gasteiger charge is 2.23. The van der Waals surface area contributed by atoms with Gasteiger partial charge in [-0.25, -0.2) is 17.9 Å². The maximum absolute atomic E-state index is 12.2. The Morgan fingerprint density at radius 3 is 2.38 bits per heavy atom. The van der Waals surface area contributed by atoms with Gasteiger partial charge in [0.2, 0.25) is 0 Å². The number of hydrogen-bond acceptors (Lipinski definition) is 5.